The van der Waals surface area contributed by atoms with Crippen LogP contribution in [-0.2, 0) is 6.18 Å². The maximum absolute atomic E-state index is 13.1. The predicted octanol–water partition coefficient (Wildman–Crippen LogP) is 5.50. The summed E-state index contributed by atoms with van der Waals surface area (Å²) in [4.78, 5) is 17.4. The average molecular weight is 562 g/mol. The third kappa shape index (κ3) is 6.81. The van der Waals surface area contributed by atoms with E-state index in [0.717, 1.165) is 55.7 Å². The van der Waals surface area contributed by atoms with Gasteiger partial charge in [-0.25, -0.2) is 0 Å². The van der Waals surface area contributed by atoms with Gasteiger partial charge >= 0.3 is 6.18 Å². The Kier molecular flexibility index (Phi) is 9.47. The van der Waals surface area contributed by atoms with Crippen molar-refractivity contribution in [2.45, 2.75) is 89.8 Å². The summed E-state index contributed by atoms with van der Waals surface area (Å²) in [5.74, 6) is 0.330. The molecular weight excluding hydrogens is 519 g/mol. The molecule has 0 saturated carbocycles. The first-order chi connectivity index (χ1) is 18.9. The third-order valence-corrected chi connectivity index (χ3v) is 8.75. The van der Waals surface area contributed by atoms with Crippen molar-refractivity contribution in [3.63, 3.8) is 0 Å². The van der Waals surface area contributed by atoms with Crippen molar-refractivity contribution in [2.75, 3.05) is 26.7 Å². The molecule has 1 amide bonds. The minimum atomic E-state index is -4.48. The Morgan fingerprint density at radius 1 is 1.15 bits per heavy atom. The molecule has 9 heteroatoms. The highest BCUT2D eigenvalue weighted by Gasteiger charge is 2.44. The van der Waals surface area contributed by atoms with Crippen LogP contribution >= 0.6 is 0 Å². The summed E-state index contributed by atoms with van der Waals surface area (Å²) in [6.45, 7) is 10.1. The molecule has 2 heterocycles. The van der Waals surface area contributed by atoms with Gasteiger partial charge < -0.3 is 20.1 Å². The molecule has 2 aromatic rings. The van der Waals surface area contributed by atoms with E-state index < -0.39 is 23.8 Å². The van der Waals surface area contributed by atoms with Gasteiger partial charge in [0.05, 0.1) is 5.56 Å². The van der Waals surface area contributed by atoms with Gasteiger partial charge in [-0.15, -0.1) is 0 Å². The first kappa shape index (κ1) is 30.3. The van der Waals surface area contributed by atoms with Crippen LogP contribution in [0.4, 0.5) is 13.2 Å². The molecule has 0 aromatic heterocycles. The number of aliphatic hydroxyl groups excluding tert-OH is 1. The van der Waals surface area contributed by atoms with Crippen LogP contribution in [0.3, 0.4) is 0 Å². The molecule has 2 aliphatic heterocycles. The Balaban J connectivity index is 1.39. The minimum absolute atomic E-state index is 0.0382. The van der Waals surface area contributed by atoms with Crippen molar-refractivity contribution in [3.8, 4) is 5.75 Å². The van der Waals surface area contributed by atoms with Crippen molar-refractivity contribution in [1.29, 1.82) is 0 Å². The number of halogens is 3. The monoisotopic (exact) mass is 561 g/mol. The number of carbonyl (C=O) groups is 1. The number of piperidine rings is 1. The maximum Gasteiger partial charge on any atom is 0.416 e. The van der Waals surface area contributed by atoms with Gasteiger partial charge in [-0.2, -0.15) is 13.2 Å². The lowest BCUT2D eigenvalue weighted by Crippen LogP contribution is -2.51. The molecule has 2 N–H and O–H groups in total. The van der Waals surface area contributed by atoms with Crippen molar-refractivity contribution in [3.05, 3.63) is 64.2 Å². The number of nitrogens with one attached hydrogen (secondary N) is 1. The summed E-state index contributed by atoms with van der Waals surface area (Å²) < 4.78 is 45.3. The van der Waals surface area contributed by atoms with Crippen LogP contribution in [0.15, 0.2) is 36.4 Å². The zero-order valence-electron chi connectivity index (χ0n) is 24.1. The number of nitrogens with zero attached hydrogens (tertiary/aromatic N) is 2. The van der Waals surface area contributed by atoms with E-state index in [1.54, 1.807) is 0 Å². The third-order valence-electron chi connectivity index (χ3n) is 8.75. The number of carbonyl (C=O) groups excluding carboxylic acids is 1. The summed E-state index contributed by atoms with van der Waals surface area (Å²) >= 11 is 0. The van der Waals surface area contributed by atoms with Crippen molar-refractivity contribution < 1.29 is 27.8 Å². The summed E-state index contributed by atoms with van der Waals surface area (Å²) in [6.07, 6.45) is -1.43. The maximum atomic E-state index is 13.1. The molecule has 0 aliphatic carbocycles. The van der Waals surface area contributed by atoms with Crippen LogP contribution in [0.1, 0.15) is 78.2 Å². The molecule has 40 heavy (non-hydrogen) atoms. The smallest absolute Gasteiger partial charge is 0.416 e. The zero-order valence-corrected chi connectivity index (χ0v) is 24.1. The summed E-state index contributed by atoms with van der Waals surface area (Å²) in [5.41, 5.74) is 2.70. The van der Waals surface area contributed by atoms with E-state index >= 15 is 0 Å². The molecule has 4 atom stereocenters. The fourth-order valence-corrected chi connectivity index (χ4v) is 6.38. The fourth-order valence-electron chi connectivity index (χ4n) is 6.38. The van der Waals surface area contributed by atoms with Gasteiger partial charge in [0.2, 0.25) is 0 Å². The van der Waals surface area contributed by atoms with Crippen LogP contribution in [0.5, 0.6) is 5.75 Å². The summed E-state index contributed by atoms with van der Waals surface area (Å²) in [7, 11) is 1.97. The minimum Gasteiger partial charge on any atom is -0.491 e. The molecule has 3 unspecified atom stereocenters. The van der Waals surface area contributed by atoms with Crippen LogP contribution in [-0.4, -0.2) is 71.8 Å². The average Bonchev–Trinajstić information content (AvgIpc) is 3.18. The number of alkyl halides is 3. The Bertz CT molecular complexity index is 1170. The standard InChI is InChI=1S/C31H42F3N3O3/c1-6-36(5)17-27(38)18-40-29-13-12-28(19(2)20(29)3)21(4)37-25-10-11-26(37)16-24(15-25)35-30(39)22-8-7-9-23(14-22)31(32,33)34/h7-9,12-14,21,24-27,38H,6,10-11,15-18H2,1-5H3,(H,35,39)/t21?,24?,25?,26?,27-/m0/s1. The van der Waals surface area contributed by atoms with Crippen molar-refractivity contribution >= 4 is 5.91 Å². The lowest BCUT2D eigenvalue weighted by atomic mass is 9.91. The van der Waals surface area contributed by atoms with Gasteiger partial charge in [0.15, 0.2) is 0 Å². The fraction of sp³-hybridized carbons (Fsp3) is 0.581. The van der Waals surface area contributed by atoms with Gasteiger partial charge in [-0.1, -0.05) is 19.1 Å². The van der Waals surface area contributed by atoms with Crippen LogP contribution in [0, 0.1) is 13.8 Å². The molecule has 6 nitrogen and oxygen atoms in total. The molecule has 2 bridgehead atoms. The molecule has 2 saturated heterocycles. The number of hydrogen-bond acceptors (Lipinski definition) is 5. The topological polar surface area (TPSA) is 65.0 Å². The molecule has 220 valence electrons. The molecular formula is C31H42F3N3O3. The Morgan fingerprint density at radius 2 is 1.82 bits per heavy atom. The van der Waals surface area contributed by atoms with Gasteiger partial charge in [0, 0.05) is 36.3 Å². The molecule has 0 spiro atoms. The van der Waals surface area contributed by atoms with Crippen LogP contribution < -0.4 is 10.1 Å². The number of rotatable bonds is 10. The number of aliphatic hydroxyl groups is 1. The number of ether oxygens (including phenoxy) is 1. The van der Waals surface area contributed by atoms with Crippen LogP contribution in [0.2, 0.25) is 0 Å². The first-order valence-electron chi connectivity index (χ1n) is 14.2. The SMILES string of the molecule is CCN(C)C[C@H](O)COc1ccc(C(C)N2C3CCC2CC(NC(=O)c2cccc(C(F)(F)F)c2)C3)c(C)c1C. The van der Waals surface area contributed by atoms with Crippen molar-refractivity contribution in [2.24, 2.45) is 0 Å². The Hall–Kier alpha value is -2.62. The van der Waals surface area contributed by atoms with E-state index in [9.17, 15) is 23.1 Å². The normalized spacial score (nSPS) is 22.8. The number of hydrogen-bond donors (Lipinski definition) is 2. The second-order valence-corrected chi connectivity index (χ2v) is 11.5. The van der Waals surface area contributed by atoms with Gasteiger partial charge in [0.25, 0.3) is 5.91 Å². The second-order valence-electron chi connectivity index (χ2n) is 11.5. The first-order valence-corrected chi connectivity index (χ1v) is 14.2. The number of amides is 1. The van der Waals surface area contributed by atoms with Crippen LogP contribution in [0.25, 0.3) is 0 Å². The number of likely N-dealkylation sites (N-methyl/N-ethyl adjacent to an activating group) is 1. The van der Waals surface area contributed by atoms with Crippen molar-refractivity contribution in [1.82, 2.24) is 15.1 Å². The lowest BCUT2D eigenvalue weighted by Gasteiger charge is -2.43. The second kappa shape index (κ2) is 12.5. The predicted molar refractivity (Wildman–Crippen MR) is 150 cm³/mol. The molecule has 0 radical (unpaired) electrons. The number of fused-ring (bicyclic) bond motifs is 2. The Labute approximate surface area is 235 Å². The Morgan fingerprint density at radius 3 is 2.45 bits per heavy atom. The largest absolute Gasteiger partial charge is 0.491 e. The van der Waals surface area contributed by atoms with Gasteiger partial charge in [0.1, 0.15) is 18.5 Å². The van der Waals surface area contributed by atoms with Gasteiger partial charge in [-0.3, -0.25) is 9.69 Å². The van der Waals surface area contributed by atoms with E-state index in [-0.39, 0.29) is 24.3 Å². The molecule has 2 aliphatic rings. The summed E-state index contributed by atoms with van der Waals surface area (Å²) in [5, 5.41) is 13.3. The highest BCUT2D eigenvalue weighted by Crippen LogP contribution is 2.43. The number of benzene rings is 2. The van der Waals surface area contributed by atoms with Gasteiger partial charge in [-0.05, 0) is 101 Å². The summed E-state index contributed by atoms with van der Waals surface area (Å²) in [6, 6.07) is 9.41. The highest BCUT2D eigenvalue weighted by molar-refractivity contribution is 5.94. The zero-order chi connectivity index (χ0) is 29.2. The van der Waals surface area contributed by atoms with E-state index in [1.807, 2.05) is 24.9 Å². The lowest BCUT2D eigenvalue weighted by molar-refractivity contribution is -0.137. The molecule has 4 rings (SSSR count). The quantitative estimate of drug-likeness (QED) is 0.401. The van der Waals surface area contributed by atoms with E-state index in [2.05, 4.69) is 37.1 Å². The molecule has 2 fully saturated rings. The van der Waals surface area contributed by atoms with E-state index in [0.29, 0.717) is 18.6 Å². The van der Waals surface area contributed by atoms with E-state index in [4.69, 9.17) is 4.74 Å². The molecule has 2 aromatic carbocycles. The van der Waals surface area contributed by atoms with E-state index in [1.165, 1.54) is 23.3 Å². The highest BCUT2D eigenvalue weighted by atomic mass is 19.4.